The molecule has 1 aromatic rings. The van der Waals surface area contributed by atoms with Crippen LogP contribution < -0.4 is 10.6 Å². The van der Waals surface area contributed by atoms with E-state index in [1.165, 1.54) is 11.3 Å². The molecule has 0 bridgehead atoms. The topological polar surface area (TPSA) is 116 Å². The van der Waals surface area contributed by atoms with Gasteiger partial charge in [0.15, 0.2) is 0 Å². The van der Waals surface area contributed by atoms with Gasteiger partial charge in [-0.15, -0.1) is 11.3 Å². The van der Waals surface area contributed by atoms with Crippen molar-refractivity contribution in [2.45, 2.75) is 45.1 Å². The Labute approximate surface area is 194 Å². The van der Waals surface area contributed by atoms with Gasteiger partial charge in [0, 0.05) is 18.0 Å². The van der Waals surface area contributed by atoms with Gasteiger partial charge in [0.25, 0.3) is 17.1 Å². The van der Waals surface area contributed by atoms with Crippen LogP contribution in [0.4, 0.5) is 9.59 Å². The first-order chi connectivity index (χ1) is 15.3. The summed E-state index contributed by atoms with van der Waals surface area (Å²) >= 11 is 2.32. The van der Waals surface area contributed by atoms with E-state index in [9.17, 15) is 24.0 Å². The Morgan fingerprint density at radius 2 is 1.88 bits per heavy atom. The number of rotatable bonds is 10. The van der Waals surface area contributed by atoms with E-state index in [0.717, 1.165) is 39.3 Å². The number of hydrogen-bond donors (Lipinski definition) is 2. The summed E-state index contributed by atoms with van der Waals surface area (Å²) in [6.07, 6.45) is 4.16. The summed E-state index contributed by atoms with van der Waals surface area (Å²) in [5.41, 5.74) is -0.947. The Morgan fingerprint density at radius 3 is 2.50 bits per heavy atom. The number of carbonyl (C=O) groups excluding carboxylic acids is 5. The number of urea groups is 1. The largest absolute Gasteiger partial charge is 0.353 e. The molecular weight excluding hydrogens is 452 g/mol. The number of thioether (sulfide) groups is 1. The lowest BCUT2D eigenvalue weighted by molar-refractivity contribution is -0.135. The number of imide groups is 2. The summed E-state index contributed by atoms with van der Waals surface area (Å²) < 4.78 is 0. The van der Waals surface area contributed by atoms with Crippen molar-refractivity contribution >= 4 is 58.2 Å². The summed E-state index contributed by atoms with van der Waals surface area (Å²) in [4.78, 5) is 65.4. The quantitative estimate of drug-likeness (QED) is 0.395. The standard InChI is InChI=1S/C21H26N4O5S2/c1-3-7-21(8-4-2)18(28)25(19(29)23-21)13-16(26)22-9-10-24-17(27)15(32-20(24)30)12-14-6-5-11-31-14/h5-6,11-12H,3-4,7-10,13H2,1-2H3,(H,22,26)(H,23,29)/b15-12+. The fraction of sp³-hybridized carbons (Fsp3) is 0.476. The zero-order valence-corrected chi connectivity index (χ0v) is 19.6. The van der Waals surface area contributed by atoms with E-state index in [1.54, 1.807) is 6.08 Å². The van der Waals surface area contributed by atoms with E-state index < -0.39 is 35.2 Å². The zero-order valence-electron chi connectivity index (χ0n) is 18.0. The summed E-state index contributed by atoms with van der Waals surface area (Å²) in [5.74, 6) is -1.31. The molecule has 0 atom stereocenters. The van der Waals surface area contributed by atoms with Gasteiger partial charge in [-0.1, -0.05) is 32.8 Å². The second kappa shape index (κ2) is 10.3. The number of carbonyl (C=O) groups is 5. The van der Waals surface area contributed by atoms with Gasteiger partial charge in [-0.25, -0.2) is 4.79 Å². The lowest BCUT2D eigenvalue weighted by Crippen LogP contribution is -2.48. The lowest BCUT2D eigenvalue weighted by atomic mass is 9.88. The minimum absolute atomic E-state index is 0.00787. The van der Waals surface area contributed by atoms with E-state index in [0.29, 0.717) is 17.7 Å². The summed E-state index contributed by atoms with van der Waals surface area (Å²) in [6, 6.07) is 3.14. The molecule has 3 heterocycles. The summed E-state index contributed by atoms with van der Waals surface area (Å²) in [7, 11) is 0. The van der Waals surface area contributed by atoms with Crippen LogP contribution in [0.1, 0.15) is 44.4 Å². The molecule has 0 unspecified atom stereocenters. The average Bonchev–Trinajstić information content (AvgIpc) is 3.40. The third-order valence-electron chi connectivity index (χ3n) is 5.25. The number of nitrogens with zero attached hydrogens (tertiary/aromatic N) is 2. The molecular formula is C21H26N4O5S2. The predicted molar refractivity (Wildman–Crippen MR) is 123 cm³/mol. The Morgan fingerprint density at radius 1 is 1.16 bits per heavy atom. The van der Waals surface area contributed by atoms with Crippen molar-refractivity contribution in [1.82, 2.24) is 20.4 Å². The van der Waals surface area contributed by atoms with Crippen LogP contribution >= 0.6 is 23.1 Å². The first-order valence-corrected chi connectivity index (χ1v) is 12.2. The molecule has 0 spiro atoms. The second-order valence-corrected chi connectivity index (χ2v) is 9.57. The minimum Gasteiger partial charge on any atom is -0.353 e. The highest BCUT2D eigenvalue weighted by Crippen LogP contribution is 2.32. The summed E-state index contributed by atoms with van der Waals surface area (Å²) in [5, 5.41) is 6.83. The third-order valence-corrected chi connectivity index (χ3v) is 6.98. The molecule has 0 aromatic carbocycles. The van der Waals surface area contributed by atoms with Crippen molar-refractivity contribution in [3.8, 4) is 0 Å². The van der Waals surface area contributed by atoms with Gasteiger partial charge >= 0.3 is 6.03 Å². The van der Waals surface area contributed by atoms with Crippen LogP contribution in [0.2, 0.25) is 0 Å². The molecule has 2 N–H and O–H groups in total. The maximum absolute atomic E-state index is 12.8. The van der Waals surface area contributed by atoms with Gasteiger partial charge in [0.1, 0.15) is 12.1 Å². The van der Waals surface area contributed by atoms with Crippen LogP contribution in [0.25, 0.3) is 6.08 Å². The van der Waals surface area contributed by atoms with Crippen LogP contribution in [-0.2, 0) is 14.4 Å². The number of nitrogens with one attached hydrogen (secondary N) is 2. The molecule has 2 aliphatic heterocycles. The monoisotopic (exact) mass is 478 g/mol. The van der Waals surface area contributed by atoms with Crippen molar-refractivity contribution in [3.63, 3.8) is 0 Å². The van der Waals surface area contributed by atoms with Gasteiger partial charge in [-0.3, -0.25) is 29.0 Å². The van der Waals surface area contributed by atoms with Gasteiger partial charge in [0.05, 0.1) is 4.91 Å². The van der Waals surface area contributed by atoms with E-state index in [4.69, 9.17) is 0 Å². The van der Waals surface area contributed by atoms with E-state index in [1.807, 2.05) is 31.4 Å². The maximum atomic E-state index is 12.8. The first kappa shape index (κ1) is 24.0. The van der Waals surface area contributed by atoms with Crippen molar-refractivity contribution < 1.29 is 24.0 Å². The van der Waals surface area contributed by atoms with Gasteiger partial charge in [-0.2, -0.15) is 0 Å². The normalized spacial score (nSPS) is 19.2. The maximum Gasteiger partial charge on any atom is 0.325 e. The molecule has 2 fully saturated rings. The first-order valence-electron chi connectivity index (χ1n) is 10.5. The van der Waals surface area contributed by atoms with Crippen LogP contribution in [-0.4, -0.2) is 64.0 Å². The molecule has 0 saturated carbocycles. The van der Waals surface area contributed by atoms with Crippen LogP contribution in [0.15, 0.2) is 22.4 Å². The van der Waals surface area contributed by atoms with Crippen LogP contribution in [0.5, 0.6) is 0 Å². The van der Waals surface area contributed by atoms with Crippen molar-refractivity contribution in [3.05, 3.63) is 27.3 Å². The Kier molecular flexibility index (Phi) is 7.73. The SMILES string of the molecule is CCCC1(CCC)NC(=O)N(CC(=O)NCCN2C(=O)S/C(=C/c3cccs3)C2=O)C1=O. The van der Waals surface area contributed by atoms with E-state index in [2.05, 4.69) is 10.6 Å². The van der Waals surface area contributed by atoms with Crippen LogP contribution in [0.3, 0.4) is 0 Å². The highest BCUT2D eigenvalue weighted by molar-refractivity contribution is 8.18. The van der Waals surface area contributed by atoms with Gasteiger partial charge in [-0.05, 0) is 42.1 Å². The molecule has 0 aliphatic carbocycles. The molecule has 3 rings (SSSR count). The van der Waals surface area contributed by atoms with Crippen molar-refractivity contribution in [2.75, 3.05) is 19.6 Å². The van der Waals surface area contributed by atoms with Crippen molar-refractivity contribution in [2.24, 2.45) is 0 Å². The molecule has 0 radical (unpaired) electrons. The van der Waals surface area contributed by atoms with Gasteiger partial charge in [0.2, 0.25) is 5.91 Å². The summed E-state index contributed by atoms with van der Waals surface area (Å²) in [6.45, 7) is 3.51. The molecule has 32 heavy (non-hydrogen) atoms. The van der Waals surface area contributed by atoms with Crippen LogP contribution in [0, 0.1) is 0 Å². The fourth-order valence-corrected chi connectivity index (χ4v) is 5.43. The Balaban J connectivity index is 1.52. The Bertz CT molecular complexity index is 938. The molecule has 1 aromatic heterocycles. The fourth-order valence-electron chi connectivity index (χ4n) is 3.84. The predicted octanol–water partition coefficient (Wildman–Crippen LogP) is 2.79. The second-order valence-electron chi connectivity index (χ2n) is 7.60. The number of hydrogen-bond acceptors (Lipinski definition) is 7. The zero-order chi connectivity index (χ0) is 23.3. The van der Waals surface area contributed by atoms with E-state index >= 15 is 0 Å². The lowest BCUT2D eigenvalue weighted by Gasteiger charge is -2.25. The molecule has 2 aliphatic rings. The average molecular weight is 479 g/mol. The molecule has 2 saturated heterocycles. The number of amides is 6. The highest BCUT2D eigenvalue weighted by Gasteiger charge is 2.50. The molecule has 6 amide bonds. The third kappa shape index (κ3) is 5.04. The highest BCUT2D eigenvalue weighted by atomic mass is 32.2. The van der Waals surface area contributed by atoms with Crippen molar-refractivity contribution in [1.29, 1.82) is 0 Å². The Hall–Kier alpha value is -2.66. The van der Waals surface area contributed by atoms with E-state index in [-0.39, 0.29) is 19.0 Å². The molecule has 11 heteroatoms. The van der Waals surface area contributed by atoms with Gasteiger partial charge < -0.3 is 10.6 Å². The molecule has 172 valence electrons. The minimum atomic E-state index is -0.947. The molecule has 9 nitrogen and oxygen atoms in total. The number of thiophene rings is 1. The smallest absolute Gasteiger partial charge is 0.325 e.